The molecule has 1 aromatic rings. The van der Waals surface area contributed by atoms with Gasteiger partial charge in [-0.05, 0) is 106 Å². The van der Waals surface area contributed by atoms with E-state index < -0.39 is 16.6 Å². The number of imide groups is 1. The lowest BCUT2D eigenvalue weighted by molar-refractivity contribution is -0.184. The number of urea groups is 1. The van der Waals surface area contributed by atoms with E-state index >= 15 is 0 Å². The number of methoxy groups -OCH3 is 1. The number of carbonyl (C=O) groups is 2. The minimum atomic E-state index is -0.927. The smallest absolute Gasteiger partial charge is 0.327 e. The average molecular weight is 480 g/mol. The lowest BCUT2D eigenvalue weighted by Crippen LogP contribution is -2.76. The van der Waals surface area contributed by atoms with Crippen LogP contribution in [0.4, 0.5) is 4.79 Å². The third-order valence-corrected chi connectivity index (χ3v) is 10.5. The molecule has 1 N–H and O–H groups in total. The molecule has 3 saturated carbocycles. The predicted molar refractivity (Wildman–Crippen MR) is 130 cm³/mol. The van der Waals surface area contributed by atoms with E-state index in [1.54, 1.807) is 12.0 Å². The summed E-state index contributed by atoms with van der Waals surface area (Å²) in [6.45, 7) is 2.11. The van der Waals surface area contributed by atoms with Crippen molar-refractivity contribution in [2.45, 2.75) is 80.4 Å². The second-order valence-electron chi connectivity index (χ2n) is 12.4. The minimum absolute atomic E-state index is 0.00280. The van der Waals surface area contributed by atoms with Crippen LogP contribution in [0.1, 0.15) is 62.5 Å². The first-order chi connectivity index (χ1) is 16.8. The fourth-order valence-corrected chi connectivity index (χ4v) is 8.08. The van der Waals surface area contributed by atoms with E-state index in [0.29, 0.717) is 44.2 Å². The fraction of sp³-hybridized carbons (Fsp3) is 0.714. The van der Waals surface area contributed by atoms with Crippen molar-refractivity contribution < 1.29 is 19.4 Å². The van der Waals surface area contributed by atoms with E-state index in [2.05, 4.69) is 24.1 Å². The highest BCUT2D eigenvalue weighted by Gasteiger charge is 2.71. The molecule has 1 spiro atoms. The first-order valence-electron chi connectivity index (χ1n) is 13.5. The van der Waals surface area contributed by atoms with Crippen molar-refractivity contribution in [2.24, 2.45) is 11.8 Å². The van der Waals surface area contributed by atoms with Crippen molar-refractivity contribution in [1.82, 2.24) is 14.7 Å². The maximum atomic E-state index is 14.3. The van der Waals surface area contributed by atoms with Crippen LogP contribution in [0.2, 0.25) is 0 Å². The molecule has 5 fully saturated rings. The summed E-state index contributed by atoms with van der Waals surface area (Å²) in [6.07, 6.45) is 7.67. The number of fused-ring (bicyclic) bond motifs is 1. The summed E-state index contributed by atoms with van der Waals surface area (Å²) in [5.41, 5.74) is 0.0272. The molecule has 188 valence electrons. The second-order valence-corrected chi connectivity index (χ2v) is 12.4. The number of carbonyl (C=O) groups excluding carboxylic acids is 2. The van der Waals surface area contributed by atoms with Crippen LogP contribution in [-0.2, 0) is 16.6 Å². The molecule has 35 heavy (non-hydrogen) atoms. The quantitative estimate of drug-likeness (QED) is 0.658. The van der Waals surface area contributed by atoms with Crippen LogP contribution < -0.4 is 4.74 Å². The van der Waals surface area contributed by atoms with Crippen LogP contribution in [0.3, 0.4) is 0 Å². The molecular formula is C28H37N3O4. The number of hydrogen-bond acceptors (Lipinski definition) is 5. The topological polar surface area (TPSA) is 73.3 Å². The van der Waals surface area contributed by atoms with Crippen LogP contribution in [-0.4, -0.2) is 82.7 Å². The summed E-state index contributed by atoms with van der Waals surface area (Å²) in [6, 6.07) is 6.19. The number of likely N-dealkylation sites (N-methyl/N-ethyl adjacent to an activating group) is 1. The van der Waals surface area contributed by atoms with Gasteiger partial charge in [0.15, 0.2) is 0 Å². The number of ether oxygens (including phenoxy) is 1. The Kier molecular flexibility index (Phi) is 4.56. The van der Waals surface area contributed by atoms with Gasteiger partial charge < -0.3 is 19.6 Å². The Morgan fingerprint density at radius 1 is 1.06 bits per heavy atom. The Morgan fingerprint density at radius 2 is 1.80 bits per heavy atom. The largest absolute Gasteiger partial charge is 0.497 e. The molecular weight excluding hydrogens is 442 g/mol. The summed E-state index contributed by atoms with van der Waals surface area (Å²) >= 11 is 0. The monoisotopic (exact) mass is 479 g/mol. The summed E-state index contributed by atoms with van der Waals surface area (Å²) in [7, 11) is 3.80. The molecule has 7 rings (SSSR count). The van der Waals surface area contributed by atoms with Crippen LogP contribution in [0, 0.1) is 11.8 Å². The molecule has 7 heteroatoms. The highest BCUT2D eigenvalue weighted by Crippen LogP contribution is 2.62. The Hall–Kier alpha value is -2.12. The van der Waals surface area contributed by atoms with Gasteiger partial charge in [-0.1, -0.05) is 6.07 Å². The van der Waals surface area contributed by atoms with Crippen LogP contribution in [0.25, 0.3) is 0 Å². The van der Waals surface area contributed by atoms with Crippen LogP contribution in [0.5, 0.6) is 5.75 Å². The van der Waals surface area contributed by atoms with Gasteiger partial charge in [0, 0.05) is 24.5 Å². The van der Waals surface area contributed by atoms with Gasteiger partial charge in [-0.25, -0.2) is 4.79 Å². The SMILES string of the molecule is COc1ccc2c(c1)C13CCN(C)C(C2)C1(O)CCC1(C3)C(=O)N(CC2CC2)C(=O)N1CC1CC1. The van der Waals surface area contributed by atoms with Crippen LogP contribution in [0.15, 0.2) is 18.2 Å². The van der Waals surface area contributed by atoms with E-state index in [1.807, 2.05) is 11.0 Å². The van der Waals surface area contributed by atoms with Gasteiger partial charge in [0.25, 0.3) is 5.91 Å². The molecule has 1 aromatic carbocycles. The number of benzene rings is 1. The maximum Gasteiger partial charge on any atom is 0.327 e. The molecule has 0 aromatic heterocycles. The summed E-state index contributed by atoms with van der Waals surface area (Å²) < 4.78 is 5.62. The molecule has 3 amide bonds. The molecule has 7 nitrogen and oxygen atoms in total. The van der Waals surface area contributed by atoms with Gasteiger partial charge in [-0.2, -0.15) is 0 Å². The Morgan fingerprint density at radius 3 is 2.51 bits per heavy atom. The highest BCUT2D eigenvalue weighted by molar-refractivity contribution is 6.07. The Balaban J connectivity index is 1.37. The van der Waals surface area contributed by atoms with Crippen molar-refractivity contribution in [2.75, 3.05) is 33.8 Å². The Bertz CT molecular complexity index is 1100. The van der Waals surface area contributed by atoms with Gasteiger partial charge in [-0.3, -0.25) is 9.69 Å². The summed E-state index contributed by atoms with van der Waals surface area (Å²) in [5.74, 6) is 1.76. The molecule has 4 aliphatic carbocycles. The number of hydrogen-bond donors (Lipinski definition) is 1. The zero-order valence-corrected chi connectivity index (χ0v) is 21.0. The standard InChI is InChI=1S/C28H37N3O4/c1-29-12-11-26-17-27(24(32)30(15-18-3-4-18)25(33)31(27)16-19-5-6-19)9-10-28(26,34)23(29)13-20-7-8-21(35-2)14-22(20)26/h7-8,14,18-19,23,34H,3-6,9-13,15-17H2,1-2H3. The van der Waals surface area contributed by atoms with Crippen molar-refractivity contribution in [3.63, 3.8) is 0 Å². The average Bonchev–Trinajstić information content (AvgIpc) is 3.78. The van der Waals surface area contributed by atoms with Crippen molar-refractivity contribution in [1.29, 1.82) is 0 Å². The van der Waals surface area contributed by atoms with Crippen molar-refractivity contribution in [3.8, 4) is 5.75 Å². The van der Waals surface area contributed by atoms with Gasteiger partial charge in [-0.15, -0.1) is 0 Å². The molecule has 0 radical (unpaired) electrons. The minimum Gasteiger partial charge on any atom is -0.497 e. The highest BCUT2D eigenvalue weighted by atomic mass is 16.5. The van der Waals surface area contributed by atoms with E-state index in [9.17, 15) is 14.7 Å². The summed E-state index contributed by atoms with van der Waals surface area (Å²) in [5, 5.41) is 12.5. The number of amides is 3. The number of likely N-dealkylation sites (tertiary alicyclic amines) is 1. The van der Waals surface area contributed by atoms with E-state index in [0.717, 1.165) is 56.4 Å². The zero-order valence-electron chi connectivity index (χ0n) is 21.0. The van der Waals surface area contributed by atoms with E-state index in [4.69, 9.17) is 4.74 Å². The van der Waals surface area contributed by atoms with Crippen molar-refractivity contribution >= 4 is 11.9 Å². The van der Waals surface area contributed by atoms with Crippen molar-refractivity contribution in [3.05, 3.63) is 29.3 Å². The third-order valence-electron chi connectivity index (χ3n) is 10.5. The van der Waals surface area contributed by atoms with Gasteiger partial charge in [0.2, 0.25) is 0 Å². The molecule has 4 atom stereocenters. The molecule has 2 saturated heterocycles. The molecule has 6 aliphatic rings. The predicted octanol–water partition coefficient (Wildman–Crippen LogP) is 2.93. The van der Waals surface area contributed by atoms with Crippen LogP contribution >= 0.6 is 0 Å². The molecule has 4 unspecified atom stereocenters. The molecule has 2 heterocycles. The number of aliphatic hydroxyl groups is 1. The Labute approximate surface area is 207 Å². The van der Waals surface area contributed by atoms with Gasteiger partial charge in [0.1, 0.15) is 11.3 Å². The van der Waals surface area contributed by atoms with Gasteiger partial charge >= 0.3 is 6.03 Å². The maximum absolute atomic E-state index is 14.3. The van der Waals surface area contributed by atoms with Gasteiger partial charge in [0.05, 0.1) is 12.7 Å². The third kappa shape index (κ3) is 2.91. The summed E-state index contributed by atoms with van der Waals surface area (Å²) in [4.78, 5) is 33.9. The normalized spacial score (nSPS) is 38.7. The zero-order chi connectivity index (χ0) is 24.2. The van der Waals surface area contributed by atoms with E-state index in [-0.39, 0.29) is 18.0 Å². The lowest BCUT2D eigenvalue weighted by atomic mass is 9.46. The molecule has 2 bridgehead atoms. The first-order valence-corrected chi connectivity index (χ1v) is 13.5. The lowest BCUT2D eigenvalue weighted by Gasteiger charge is -2.66. The molecule has 2 aliphatic heterocycles. The fourth-order valence-electron chi connectivity index (χ4n) is 8.08. The first kappa shape index (κ1) is 22.1. The number of piperidine rings is 1. The number of rotatable bonds is 5. The second kappa shape index (κ2) is 7.22. The van der Waals surface area contributed by atoms with E-state index in [1.165, 1.54) is 5.56 Å². The number of nitrogens with zero attached hydrogens (tertiary/aromatic N) is 3.